The van der Waals surface area contributed by atoms with Gasteiger partial charge in [0.1, 0.15) is 0 Å². The molecule has 1 amide bonds. The van der Waals surface area contributed by atoms with Crippen molar-refractivity contribution in [3.8, 4) is 0 Å². The Morgan fingerprint density at radius 2 is 1.76 bits per heavy atom. The van der Waals surface area contributed by atoms with Gasteiger partial charge in [0.05, 0.1) is 21.1 Å². The van der Waals surface area contributed by atoms with Crippen molar-refractivity contribution >= 4 is 63.3 Å². The third-order valence-corrected chi connectivity index (χ3v) is 5.28. The molecule has 0 aliphatic heterocycles. The van der Waals surface area contributed by atoms with Crippen molar-refractivity contribution in [2.75, 3.05) is 0 Å². The van der Waals surface area contributed by atoms with E-state index in [4.69, 9.17) is 34.8 Å². The minimum atomic E-state index is -0.190. The first-order valence-corrected chi connectivity index (χ1v) is 8.30. The Balaban J connectivity index is 2.14. The Labute approximate surface area is 151 Å². The monoisotopic (exact) mass is 453 g/mol. The topological polar surface area (TPSA) is 29.1 Å². The summed E-state index contributed by atoms with van der Waals surface area (Å²) in [5.41, 5.74) is 1.40. The summed E-state index contributed by atoms with van der Waals surface area (Å²) in [6, 6.07) is 10.3. The molecule has 2 aromatic rings. The van der Waals surface area contributed by atoms with Crippen LogP contribution in [-0.4, -0.2) is 5.91 Å². The Hall–Kier alpha value is -0.490. The van der Waals surface area contributed by atoms with E-state index < -0.39 is 0 Å². The van der Waals surface area contributed by atoms with Crippen LogP contribution in [-0.2, 0) is 0 Å². The SMILES string of the molecule is CC(NC(=O)c1ccc(I)c(Cl)c1)c1ccc(Cl)c(Cl)c1. The molecule has 0 spiro atoms. The highest BCUT2D eigenvalue weighted by atomic mass is 127. The standard InChI is InChI=1S/C15H11Cl3INO/c1-8(9-2-4-11(16)12(17)6-9)20-15(21)10-3-5-14(19)13(18)7-10/h2-8H,1H3,(H,20,21). The van der Waals surface area contributed by atoms with Crippen LogP contribution >= 0.6 is 57.4 Å². The Morgan fingerprint density at radius 3 is 2.38 bits per heavy atom. The van der Waals surface area contributed by atoms with Gasteiger partial charge in [-0.1, -0.05) is 40.9 Å². The molecule has 2 aromatic carbocycles. The van der Waals surface area contributed by atoms with Crippen molar-refractivity contribution in [2.24, 2.45) is 0 Å². The van der Waals surface area contributed by atoms with Crippen LogP contribution in [0.25, 0.3) is 0 Å². The van der Waals surface area contributed by atoms with Gasteiger partial charge >= 0.3 is 0 Å². The van der Waals surface area contributed by atoms with Crippen molar-refractivity contribution in [3.05, 3.63) is 66.2 Å². The van der Waals surface area contributed by atoms with Crippen LogP contribution in [0, 0.1) is 3.57 Å². The number of amides is 1. The maximum Gasteiger partial charge on any atom is 0.251 e. The molecule has 0 aliphatic carbocycles. The number of nitrogens with one attached hydrogen (secondary N) is 1. The normalized spacial score (nSPS) is 12.0. The number of carbonyl (C=O) groups is 1. The van der Waals surface area contributed by atoms with Gasteiger partial charge in [-0.2, -0.15) is 0 Å². The van der Waals surface area contributed by atoms with Gasteiger partial charge in [-0.3, -0.25) is 4.79 Å². The van der Waals surface area contributed by atoms with E-state index in [2.05, 4.69) is 27.9 Å². The zero-order valence-electron chi connectivity index (χ0n) is 11.0. The fraction of sp³-hybridized carbons (Fsp3) is 0.133. The maximum absolute atomic E-state index is 12.2. The van der Waals surface area contributed by atoms with Gasteiger partial charge in [-0.05, 0) is 65.4 Å². The average molecular weight is 455 g/mol. The van der Waals surface area contributed by atoms with Crippen molar-refractivity contribution in [3.63, 3.8) is 0 Å². The van der Waals surface area contributed by atoms with Crippen LogP contribution in [0.1, 0.15) is 28.9 Å². The van der Waals surface area contributed by atoms with Gasteiger partial charge in [0.25, 0.3) is 5.91 Å². The summed E-state index contributed by atoms with van der Waals surface area (Å²) in [4.78, 5) is 12.2. The Bertz CT molecular complexity index is 691. The zero-order valence-corrected chi connectivity index (χ0v) is 15.4. The highest BCUT2D eigenvalue weighted by molar-refractivity contribution is 14.1. The van der Waals surface area contributed by atoms with E-state index in [9.17, 15) is 4.79 Å². The molecule has 0 radical (unpaired) electrons. The van der Waals surface area contributed by atoms with Crippen molar-refractivity contribution < 1.29 is 4.79 Å². The smallest absolute Gasteiger partial charge is 0.251 e. The van der Waals surface area contributed by atoms with Crippen LogP contribution in [0.15, 0.2) is 36.4 Å². The minimum absolute atomic E-state index is 0.188. The van der Waals surface area contributed by atoms with Crippen molar-refractivity contribution in [1.29, 1.82) is 0 Å². The lowest BCUT2D eigenvalue weighted by molar-refractivity contribution is 0.0940. The second-order valence-electron chi connectivity index (χ2n) is 4.50. The molecule has 0 saturated heterocycles. The molecular weight excluding hydrogens is 443 g/mol. The summed E-state index contributed by atoms with van der Waals surface area (Å²) < 4.78 is 0.906. The van der Waals surface area contributed by atoms with Crippen LogP contribution in [0.3, 0.4) is 0 Å². The van der Waals surface area contributed by atoms with E-state index >= 15 is 0 Å². The van der Waals surface area contributed by atoms with Gasteiger partial charge in [0, 0.05) is 9.13 Å². The number of hydrogen-bond acceptors (Lipinski definition) is 1. The zero-order chi connectivity index (χ0) is 15.6. The largest absolute Gasteiger partial charge is 0.346 e. The van der Waals surface area contributed by atoms with E-state index in [0.29, 0.717) is 20.6 Å². The maximum atomic E-state index is 12.2. The number of hydrogen-bond donors (Lipinski definition) is 1. The molecule has 2 nitrogen and oxygen atoms in total. The lowest BCUT2D eigenvalue weighted by Gasteiger charge is -2.15. The summed E-state index contributed by atoms with van der Waals surface area (Å²) >= 11 is 20.0. The van der Waals surface area contributed by atoms with Gasteiger partial charge in [-0.25, -0.2) is 0 Å². The van der Waals surface area contributed by atoms with Gasteiger partial charge < -0.3 is 5.32 Å². The third kappa shape index (κ3) is 4.25. The van der Waals surface area contributed by atoms with Crippen molar-refractivity contribution in [1.82, 2.24) is 5.32 Å². The Morgan fingerprint density at radius 1 is 1.05 bits per heavy atom. The number of carbonyl (C=O) groups excluding carboxylic acids is 1. The molecule has 21 heavy (non-hydrogen) atoms. The summed E-state index contributed by atoms with van der Waals surface area (Å²) in [5, 5.41) is 4.42. The summed E-state index contributed by atoms with van der Waals surface area (Å²) in [6.07, 6.45) is 0. The highest BCUT2D eigenvalue weighted by Crippen LogP contribution is 2.26. The van der Waals surface area contributed by atoms with E-state index in [-0.39, 0.29) is 11.9 Å². The minimum Gasteiger partial charge on any atom is -0.346 e. The lowest BCUT2D eigenvalue weighted by atomic mass is 10.1. The number of halogens is 4. The molecule has 0 aliphatic rings. The quantitative estimate of drug-likeness (QED) is 0.589. The van der Waals surface area contributed by atoms with E-state index in [1.54, 1.807) is 24.3 Å². The lowest BCUT2D eigenvalue weighted by Crippen LogP contribution is -2.26. The second kappa shape index (κ2) is 7.18. The van der Waals surface area contributed by atoms with E-state index in [0.717, 1.165) is 9.13 Å². The van der Waals surface area contributed by atoms with Gasteiger partial charge in [-0.15, -0.1) is 0 Å². The fourth-order valence-corrected chi connectivity index (χ4v) is 2.60. The van der Waals surface area contributed by atoms with E-state index in [1.807, 2.05) is 19.1 Å². The fourth-order valence-electron chi connectivity index (χ4n) is 1.78. The number of rotatable bonds is 3. The molecule has 1 N–H and O–H groups in total. The molecule has 0 saturated carbocycles. The summed E-state index contributed by atoms with van der Waals surface area (Å²) in [7, 11) is 0. The first kappa shape index (κ1) is 16.9. The highest BCUT2D eigenvalue weighted by Gasteiger charge is 2.13. The van der Waals surface area contributed by atoms with Crippen LogP contribution in [0.2, 0.25) is 15.1 Å². The first-order valence-electron chi connectivity index (χ1n) is 6.09. The van der Waals surface area contributed by atoms with Crippen LogP contribution < -0.4 is 5.32 Å². The summed E-state index contributed by atoms with van der Waals surface area (Å²) in [5.74, 6) is -0.188. The molecular formula is C15H11Cl3INO. The Kier molecular flexibility index (Phi) is 5.77. The predicted octanol–water partition coefficient (Wildman–Crippen LogP) is 5.74. The predicted molar refractivity (Wildman–Crippen MR) is 96.5 cm³/mol. The number of benzene rings is 2. The molecule has 0 heterocycles. The van der Waals surface area contributed by atoms with Crippen LogP contribution in [0.5, 0.6) is 0 Å². The molecule has 1 unspecified atom stereocenters. The van der Waals surface area contributed by atoms with Gasteiger partial charge in [0.2, 0.25) is 0 Å². The van der Waals surface area contributed by atoms with E-state index in [1.165, 1.54) is 0 Å². The third-order valence-electron chi connectivity index (χ3n) is 2.97. The molecule has 0 fully saturated rings. The molecule has 110 valence electrons. The molecule has 2 rings (SSSR count). The molecule has 6 heteroatoms. The molecule has 1 atom stereocenters. The molecule has 0 aromatic heterocycles. The first-order chi connectivity index (χ1) is 9.88. The van der Waals surface area contributed by atoms with Gasteiger partial charge in [0.15, 0.2) is 0 Å². The molecule has 0 bridgehead atoms. The van der Waals surface area contributed by atoms with Crippen molar-refractivity contribution in [2.45, 2.75) is 13.0 Å². The summed E-state index contributed by atoms with van der Waals surface area (Å²) in [6.45, 7) is 1.88. The van der Waals surface area contributed by atoms with Crippen LogP contribution in [0.4, 0.5) is 0 Å². The average Bonchev–Trinajstić information content (AvgIpc) is 2.44. The second-order valence-corrected chi connectivity index (χ2v) is 6.88.